The second kappa shape index (κ2) is 8.19. The second-order valence-corrected chi connectivity index (χ2v) is 8.84. The topological polar surface area (TPSA) is 66.5 Å². The van der Waals surface area contributed by atoms with Gasteiger partial charge >= 0.3 is 0 Å². The molecule has 0 aliphatic carbocycles. The number of nitrogens with one attached hydrogen (secondary N) is 1. The number of carbonyl (C=O) groups is 1. The lowest BCUT2D eigenvalue weighted by molar-refractivity contribution is -0.121. The Hall–Kier alpha value is -2.25. The zero-order valence-electron chi connectivity index (χ0n) is 16.2. The minimum Gasteiger partial charge on any atom is -0.348 e. The lowest BCUT2D eigenvalue weighted by Gasteiger charge is -2.21. The Labute approximate surface area is 160 Å². The summed E-state index contributed by atoms with van der Waals surface area (Å²) in [5.41, 5.74) is 4.38. The van der Waals surface area contributed by atoms with E-state index in [9.17, 15) is 17.6 Å². The average molecular weight is 392 g/mol. The summed E-state index contributed by atoms with van der Waals surface area (Å²) in [6.07, 6.45) is 0. The standard InChI is InChI=1S/C20H25FN2O3S/c1-13-10-15(3)19(11-14(13)2)16(4)22-20(24)12-23(5)27(25,26)18-8-6-17(21)7-9-18/h6-11,16H,12H2,1-5H3,(H,22,24)/t16-/m0/s1. The molecule has 7 heteroatoms. The zero-order valence-corrected chi connectivity index (χ0v) is 17.0. The van der Waals surface area contributed by atoms with Gasteiger partial charge in [-0.1, -0.05) is 12.1 Å². The summed E-state index contributed by atoms with van der Waals surface area (Å²) in [4.78, 5) is 12.3. The van der Waals surface area contributed by atoms with Crippen LogP contribution in [0.15, 0.2) is 41.3 Å². The minimum absolute atomic E-state index is 0.0581. The Morgan fingerprint density at radius 1 is 1.07 bits per heavy atom. The smallest absolute Gasteiger partial charge is 0.243 e. The first-order chi connectivity index (χ1) is 12.5. The van der Waals surface area contributed by atoms with Crippen LogP contribution in [0, 0.1) is 26.6 Å². The van der Waals surface area contributed by atoms with Gasteiger partial charge in [-0.05, 0) is 74.2 Å². The first-order valence-electron chi connectivity index (χ1n) is 8.61. The van der Waals surface area contributed by atoms with E-state index >= 15 is 0 Å². The Morgan fingerprint density at radius 2 is 1.63 bits per heavy atom. The lowest BCUT2D eigenvalue weighted by Crippen LogP contribution is -2.39. The third-order valence-electron chi connectivity index (χ3n) is 4.61. The quantitative estimate of drug-likeness (QED) is 0.821. The van der Waals surface area contributed by atoms with Crippen molar-refractivity contribution in [3.8, 4) is 0 Å². The molecule has 2 aromatic carbocycles. The van der Waals surface area contributed by atoms with E-state index in [4.69, 9.17) is 0 Å². The van der Waals surface area contributed by atoms with Gasteiger partial charge in [-0.15, -0.1) is 0 Å². The molecule has 2 rings (SSSR count). The van der Waals surface area contributed by atoms with Crippen LogP contribution >= 0.6 is 0 Å². The Kier molecular flexibility index (Phi) is 6.38. The minimum atomic E-state index is -3.87. The van der Waals surface area contributed by atoms with Crippen molar-refractivity contribution in [1.82, 2.24) is 9.62 Å². The van der Waals surface area contributed by atoms with Crippen LogP contribution in [0.4, 0.5) is 4.39 Å². The van der Waals surface area contributed by atoms with Crippen LogP contribution in [0.5, 0.6) is 0 Å². The second-order valence-electron chi connectivity index (χ2n) is 6.80. The van der Waals surface area contributed by atoms with Crippen molar-refractivity contribution in [3.63, 3.8) is 0 Å². The fraction of sp³-hybridized carbons (Fsp3) is 0.350. The predicted octanol–water partition coefficient (Wildman–Crippen LogP) is 3.25. The van der Waals surface area contributed by atoms with E-state index in [2.05, 4.69) is 11.4 Å². The van der Waals surface area contributed by atoms with Crippen LogP contribution in [-0.4, -0.2) is 32.2 Å². The third kappa shape index (κ3) is 4.93. The Bertz CT molecular complexity index is 940. The van der Waals surface area contributed by atoms with E-state index in [1.165, 1.54) is 24.7 Å². The van der Waals surface area contributed by atoms with Crippen LogP contribution in [0.1, 0.15) is 35.2 Å². The molecular weight excluding hydrogens is 367 g/mol. The van der Waals surface area contributed by atoms with Gasteiger partial charge in [-0.2, -0.15) is 4.31 Å². The molecule has 0 unspecified atom stereocenters. The zero-order chi connectivity index (χ0) is 20.4. The SMILES string of the molecule is Cc1cc(C)c([C@H](C)NC(=O)CN(C)S(=O)(=O)c2ccc(F)cc2)cc1C. The van der Waals surface area contributed by atoms with E-state index in [0.29, 0.717) is 0 Å². The molecule has 0 bridgehead atoms. The highest BCUT2D eigenvalue weighted by Crippen LogP contribution is 2.22. The van der Waals surface area contributed by atoms with Crippen molar-refractivity contribution in [2.75, 3.05) is 13.6 Å². The van der Waals surface area contributed by atoms with Crippen molar-refractivity contribution in [3.05, 3.63) is 64.5 Å². The molecule has 1 amide bonds. The summed E-state index contributed by atoms with van der Waals surface area (Å²) < 4.78 is 38.9. The predicted molar refractivity (Wildman–Crippen MR) is 103 cm³/mol. The average Bonchev–Trinajstić information content (AvgIpc) is 2.58. The first-order valence-corrected chi connectivity index (χ1v) is 10.1. The third-order valence-corrected chi connectivity index (χ3v) is 6.43. The van der Waals surface area contributed by atoms with Crippen molar-refractivity contribution in [2.24, 2.45) is 0 Å². The maximum Gasteiger partial charge on any atom is 0.243 e. The van der Waals surface area contributed by atoms with Gasteiger partial charge in [0, 0.05) is 7.05 Å². The summed E-state index contributed by atoms with van der Waals surface area (Å²) >= 11 is 0. The van der Waals surface area contributed by atoms with Gasteiger partial charge in [0.15, 0.2) is 0 Å². The number of likely N-dealkylation sites (N-methyl/N-ethyl adjacent to an activating group) is 1. The van der Waals surface area contributed by atoms with E-state index in [1.807, 2.05) is 33.8 Å². The number of amides is 1. The highest BCUT2D eigenvalue weighted by molar-refractivity contribution is 7.89. The van der Waals surface area contributed by atoms with Crippen molar-refractivity contribution in [1.29, 1.82) is 0 Å². The summed E-state index contributed by atoms with van der Waals surface area (Å²) in [5.74, 6) is -0.930. The number of sulfonamides is 1. The summed E-state index contributed by atoms with van der Waals surface area (Å²) in [7, 11) is -2.54. The molecule has 0 saturated heterocycles. The van der Waals surface area contributed by atoms with E-state index in [0.717, 1.165) is 33.1 Å². The van der Waals surface area contributed by atoms with Crippen LogP contribution in [0.3, 0.4) is 0 Å². The van der Waals surface area contributed by atoms with Gasteiger partial charge in [0.05, 0.1) is 17.5 Å². The first kappa shape index (κ1) is 21.1. The molecule has 0 aliphatic rings. The summed E-state index contributed by atoms with van der Waals surface area (Å²) in [5, 5.41) is 2.84. The monoisotopic (exact) mass is 392 g/mol. The maximum atomic E-state index is 13.0. The fourth-order valence-electron chi connectivity index (χ4n) is 2.89. The Balaban J connectivity index is 2.08. The summed E-state index contributed by atoms with van der Waals surface area (Å²) in [6.45, 7) is 7.56. The molecule has 0 radical (unpaired) electrons. The highest BCUT2D eigenvalue weighted by Gasteiger charge is 2.24. The Morgan fingerprint density at radius 3 is 2.22 bits per heavy atom. The van der Waals surface area contributed by atoms with Crippen LogP contribution in [0.2, 0.25) is 0 Å². The molecule has 0 aliphatic heterocycles. The van der Waals surface area contributed by atoms with E-state index in [-0.39, 0.29) is 17.5 Å². The normalized spacial score (nSPS) is 12.9. The van der Waals surface area contributed by atoms with Crippen LogP contribution in [-0.2, 0) is 14.8 Å². The van der Waals surface area contributed by atoms with Gasteiger partial charge in [0.1, 0.15) is 5.82 Å². The molecule has 2 aromatic rings. The molecule has 5 nitrogen and oxygen atoms in total. The van der Waals surface area contributed by atoms with Crippen LogP contribution < -0.4 is 5.32 Å². The van der Waals surface area contributed by atoms with E-state index in [1.54, 1.807) is 0 Å². The molecule has 146 valence electrons. The molecule has 27 heavy (non-hydrogen) atoms. The number of carbonyl (C=O) groups excluding carboxylic acids is 1. The highest BCUT2D eigenvalue weighted by atomic mass is 32.2. The molecule has 0 fully saturated rings. The summed E-state index contributed by atoms with van der Waals surface area (Å²) in [6, 6.07) is 8.36. The molecule has 0 saturated carbocycles. The van der Waals surface area contributed by atoms with Gasteiger partial charge < -0.3 is 5.32 Å². The lowest BCUT2D eigenvalue weighted by atomic mass is 9.96. The van der Waals surface area contributed by atoms with Gasteiger partial charge in [-0.25, -0.2) is 12.8 Å². The molecule has 0 spiro atoms. The number of benzene rings is 2. The maximum absolute atomic E-state index is 13.0. The molecule has 1 N–H and O–H groups in total. The number of halogens is 1. The van der Waals surface area contributed by atoms with Crippen molar-refractivity contribution in [2.45, 2.75) is 38.6 Å². The van der Waals surface area contributed by atoms with Gasteiger partial charge in [-0.3, -0.25) is 4.79 Å². The molecular formula is C20H25FN2O3S. The van der Waals surface area contributed by atoms with Crippen LogP contribution in [0.25, 0.3) is 0 Å². The molecule has 0 heterocycles. The van der Waals surface area contributed by atoms with Gasteiger partial charge in [0.25, 0.3) is 0 Å². The van der Waals surface area contributed by atoms with Crippen molar-refractivity contribution >= 4 is 15.9 Å². The number of aryl methyl sites for hydroxylation is 3. The number of hydrogen-bond donors (Lipinski definition) is 1. The molecule has 0 aromatic heterocycles. The largest absolute Gasteiger partial charge is 0.348 e. The van der Waals surface area contributed by atoms with Gasteiger partial charge in [0.2, 0.25) is 15.9 Å². The van der Waals surface area contributed by atoms with E-state index < -0.39 is 21.7 Å². The van der Waals surface area contributed by atoms with Crippen molar-refractivity contribution < 1.29 is 17.6 Å². The fourth-order valence-corrected chi connectivity index (χ4v) is 4.02. The number of rotatable bonds is 6. The number of hydrogen-bond acceptors (Lipinski definition) is 3. The number of nitrogens with zero attached hydrogens (tertiary/aromatic N) is 1. The molecule has 1 atom stereocenters.